The molecule has 7 rings (SSSR count). The highest BCUT2D eigenvalue weighted by Gasteiger charge is 2.60. The van der Waals surface area contributed by atoms with Crippen molar-refractivity contribution in [2.24, 2.45) is 23.7 Å². The predicted octanol–water partition coefficient (Wildman–Crippen LogP) is 7.33. The first-order valence-corrected chi connectivity index (χ1v) is 24.5. The highest BCUT2D eigenvalue weighted by atomic mass is 16.7. The van der Waals surface area contributed by atoms with Crippen molar-refractivity contribution in [2.75, 3.05) is 26.7 Å². The number of hydrogen-bond acceptors (Lipinski definition) is 14. The van der Waals surface area contributed by atoms with Crippen molar-refractivity contribution in [3.05, 3.63) is 72.9 Å². The zero-order valence-corrected chi connectivity index (χ0v) is 41.2. The van der Waals surface area contributed by atoms with E-state index in [1.807, 2.05) is 49.7 Å². The van der Waals surface area contributed by atoms with Gasteiger partial charge in [-0.2, -0.15) is 0 Å². The van der Waals surface area contributed by atoms with Crippen LogP contribution in [0.5, 0.6) is 0 Å². The summed E-state index contributed by atoms with van der Waals surface area (Å²) in [4.78, 5) is 84.5. The standard InChI is InChI=1S/C52H71N5O11/c1-10-41-52(8)45(57(50(62)68-52)26-17-14-23-55-30-39(54-31-55)38-21-18-22-53-29-38)34(4)42(58)32(2)28-51(7,63-9)46(35(5)43(59)36(6)47(60)65-41)67-49-44(66-48(61)37-19-12-11-13-20-37)40(27-33(3)64-49)56-24-15-16-25-56/h11-13,18-22,29-36,40-41,44-46,49H,10,14-17,23-28H2,1-9H3/t32-,33+,34?,35+,36-,40-,41-,44+,45?,46-,49-,51-,52-/m1/s1. The zero-order valence-electron chi connectivity index (χ0n) is 41.2. The number of rotatable bonds is 13. The maximum absolute atomic E-state index is 15.0. The number of pyridine rings is 1. The lowest BCUT2D eigenvalue weighted by Gasteiger charge is -2.48. The molecule has 1 aromatic carbocycles. The summed E-state index contributed by atoms with van der Waals surface area (Å²) in [6.07, 6.45) is 6.39. The number of benzene rings is 1. The summed E-state index contributed by atoms with van der Waals surface area (Å²) in [5, 5.41) is 0. The van der Waals surface area contributed by atoms with Gasteiger partial charge >= 0.3 is 18.0 Å². The van der Waals surface area contributed by atoms with E-state index in [0.717, 1.165) is 37.2 Å². The van der Waals surface area contributed by atoms with Gasteiger partial charge in [-0.1, -0.05) is 45.9 Å². The smallest absolute Gasteiger partial charge is 0.410 e. The van der Waals surface area contributed by atoms with Crippen LogP contribution in [0.1, 0.15) is 111 Å². The molecule has 4 fully saturated rings. The third-order valence-corrected chi connectivity index (χ3v) is 15.0. The number of Topliss-reactive ketones (excluding diaryl/α,β-unsaturated/α-hetero) is 2. The van der Waals surface area contributed by atoms with Crippen molar-refractivity contribution in [3.8, 4) is 11.3 Å². The van der Waals surface area contributed by atoms with Gasteiger partial charge in [-0.15, -0.1) is 0 Å². The Morgan fingerprint density at radius 3 is 2.31 bits per heavy atom. The minimum absolute atomic E-state index is 0.0987. The Kier molecular flexibility index (Phi) is 16.2. The molecule has 0 N–H and O–H groups in total. The summed E-state index contributed by atoms with van der Waals surface area (Å²) in [5.41, 5.74) is -0.666. The van der Waals surface area contributed by atoms with Gasteiger partial charge in [0.25, 0.3) is 0 Å². The number of ketones is 2. The molecule has 0 saturated carbocycles. The van der Waals surface area contributed by atoms with Crippen LogP contribution in [0.25, 0.3) is 11.3 Å². The highest BCUT2D eigenvalue weighted by molar-refractivity contribution is 6.00. The number of carbonyl (C=O) groups excluding carboxylic acids is 5. The zero-order chi connectivity index (χ0) is 48.9. The maximum atomic E-state index is 15.0. The van der Waals surface area contributed by atoms with Crippen molar-refractivity contribution in [3.63, 3.8) is 0 Å². The lowest BCUT2D eigenvalue weighted by atomic mass is 9.73. The molecule has 16 nitrogen and oxygen atoms in total. The van der Waals surface area contributed by atoms with Crippen molar-refractivity contribution in [1.82, 2.24) is 24.3 Å². The van der Waals surface area contributed by atoms with E-state index in [1.54, 1.807) is 75.6 Å². The van der Waals surface area contributed by atoms with Crippen molar-refractivity contribution < 1.29 is 52.4 Å². The van der Waals surface area contributed by atoms with Crippen LogP contribution < -0.4 is 0 Å². The van der Waals surface area contributed by atoms with E-state index in [1.165, 1.54) is 14.0 Å². The SMILES string of the molecule is CC[C@H]1OC(=O)[C@H](C)C(=O)[C@H](C)[C@@H](O[C@H]2O[C@@H](C)C[C@@H](N3CCCC3)[C@@H]2OC(=O)c2ccccc2)[C@](C)(OC)C[C@@H](C)C(=O)C(C)C2N(CCCCn3cnc(-c4cccnc4)c3)C(=O)O[C@@]21C. The Morgan fingerprint density at radius 2 is 1.63 bits per heavy atom. The monoisotopic (exact) mass is 942 g/mol. The Hall–Kier alpha value is -5.03. The molecule has 0 spiro atoms. The summed E-state index contributed by atoms with van der Waals surface area (Å²) in [7, 11) is 1.51. The Morgan fingerprint density at radius 1 is 0.912 bits per heavy atom. The number of aromatic nitrogens is 3. The van der Waals surface area contributed by atoms with Crippen LogP contribution in [0.2, 0.25) is 0 Å². The maximum Gasteiger partial charge on any atom is 0.410 e. The van der Waals surface area contributed by atoms with Crippen LogP contribution in [-0.4, -0.2) is 135 Å². The van der Waals surface area contributed by atoms with E-state index in [4.69, 9.17) is 28.4 Å². The molecule has 68 heavy (non-hydrogen) atoms. The van der Waals surface area contributed by atoms with E-state index in [9.17, 15) is 19.2 Å². The van der Waals surface area contributed by atoms with Crippen molar-refractivity contribution in [1.29, 1.82) is 0 Å². The van der Waals surface area contributed by atoms with Crippen LogP contribution in [0.15, 0.2) is 67.4 Å². The summed E-state index contributed by atoms with van der Waals surface area (Å²) in [6, 6.07) is 11.5. The Bertz CT molecular complexity index is 2220. The van der Waals surface area contributed by atoms with Gasteiger partial charge in [0.1, 0.15) is 17.8 Å². The molecular weight excluding hydrogens is 871 g/mol. The van der Waals surface area contributed by atoms with E-state index in [2.05, 4.69) is 14.9 Å². The predicted molar refractivity (Wildman–Crippen MR) is 251 cm³/mol. The Labute approximate surface area is 400 Å². The fraction of sp³-hybridized carbons (Fsp3) is 0.635. The molecule has 0 aliphatic carbocycles. The number of likely N-dealkylation sites (tertiary alicyclic amines) is 1. The van der Waals surface area contributed by atoms with Gasteiger partial charge in [0.15, 0.2) is 23.8 Å². The minimum Gasteiger partial charge on any atom is -0.458 e. The van der Waals surface area contributed by atoms with Gasteiger partial charge in [-0.25, -0.2) is 14.6 Å². The van der Waals surface area contributed by atoms with Gasteiger partial charge < -0.3 is 37.9 Å². The molecule has 2 aromatic heterocycles. The molecule has 16 heteroatoms. The number of imidazole rings is 1. The number of amides is 1. The lowest BCUT2D eigenvalue weighted by molar-refractivity contribution is -0.295. The number of hydrogen-bond donors (Lipinski definition) is 0. The van der Waals surface area contributed by atoms with Crippen LogP contribution in [0.3, 0.4) is 0 Å². The number of unbranched alkanes of at least 4 members (excludes halogenated alkanes) is 1. The average Bonchev–Trinajstić information content (AvgIpc) is 4.11. The van der Waals surface area contributed by atoms with E-state index >= 15 is 4.79 Å². The first kappa shape index (κ1) is 50.8. The molecule has 0 bridgehead atoms. The molecule has 13 atom stereocenters. The fourth-order valence-electron chi connectivity index (χ4n) is 11.2. The first-order valence-electron chi connectivity index (χ1n) is 24.5. The molecule has 1 amide bonds. The summed E-state index contributed by atoms with van der Waals surface area (Å²) in [6.45, 7) is 16.7. The molecule has 4 saturated heterocycles. The topological polar surface area (TPSA) is 178 Å². The van der Waals surface area contributed by atoms with E-state index in [-0.39, 0.29) is 37.3 Å². The number of esters is 2. The minimum atomic E-state index is -1.43. The molecule has 6 heterocycles. The van der Waals surface area contributed by atoms with Crippen LogP contribution >= 0.6 is 0 Å². The summed E-state index contributed by atoms with van der Waals surface area (Å²) >= 11 is 0. The molecular formula is C52H71N5O11. The largest absolute Gasteiger partial charge is 0.458 e. The van der Waals surface area contributed by atoms with Gasteiger partial charge in [-0.3, -0.25) is 24.3 Å². The number of carbonyl (C=O) groups is 5. The van der Waals surface area contributed by atoms with Gasteiger partial charge in [0.05, 0.1) is 47.5 Å². The first-order chi connectivity index (χ1) is 32.5. The van der Waals surface area contributed by atoms with Crippen molar-refractivity contribution in [2.45, 2.75) is 161 Å². The van der Waals surface area contributed by atoms with Crippen LogP contribution in [-0.2, 0) is 49.3 Å². The fourth-order valence-corrected chi connectivity index (χ4v) is 11.2. The number of ether oxygens (including phenoxy) is 6. The lowest BCUT2D eigenvalue weighted by Crippen LogP contribution is -2.61. The molecule has 0 radical (unpaired) electrons. The number of cyclic esters (lactones) is 1. The normalized spacial score (nSPS) is 34.2. The highest BCUT2D eigenvalue weighted by Crippen LogP contribution is 2.43. The molecule has 370 valence electrons. The molecule has 3 aromatic rings. The molecule has 4 aliphatic heterocycles. The Balaban J connectivity index is 1.17. The number of nitrogens with zero attached hydrogens (tertiary/aromatic N) is 5. The van der Waals surface area contributed by atoms with Crippen LogP contribution in [0.4, 0.5) is 4.79 Å². The van der Waals surface area contributed by atoms with Crippen LogP contribution in [0, 0.1) is 23.7 Å². The number of methoxy groups -OCH3 is 1. The third kappa shape index (κ3) is 10.7. The number of aryl methyl sites for hydroxylation is 1. The van der Waals surface area contributed by atoms with E-state index < -0.39 is 89.3 Å². The van der Waals surface area contributed by atoms with Crippen molar-refractivity contribution >= 4 is 29.6 Å². The van der Waals surface area contributed by atoms with Gasteiger partial charge in [0.2, 0.25) is 0 Å². The second kappa shape index (κ2) is 21.7. The quantitative estimate of drug-likeness (QED) is 0.0720. The summed E-state index contributed by atoms with van der Waals surface area (Å²) in [5.74, 6) is -5.69. The van der Waals surface area contributed by atoms with Gasteiger partial charge in [-0.05, 0) is 110 Å². The van der Waals surface area contributed by atoms with Gasteiger partial charge in [0, 0.05) is 62.1 Å². The number of fused-ring (bicyclic) bond motifs is 1. The second-order valence-corrected chi connectivity index (χ2v) is 19.8. The van der Waals surface area contributed by atoms with E-state index in [0.29, 0.717) is 31.4 Å². The second-order valence-electron chi connectivity index (χ2n) is 19.8. The third-order valence-electron chi connectivity index (χ3n) is 15.0. The average molecular weight is 942 g/mol. The molecule has 2 unspecified atom stereocenters. The molecule has 4 aliphatic rings. The summed E-state index contributed by atoms with van der Waals surface area (Å²) < 4.78 is 40.7.